The van der Waals surface area contributed by atoms with Crippen LogP contribution in [0.4, 0.5) is 4.79 Å². The lowest BCUT2D eigenvalue weighted by atomic mass is 10.0. The fraction of sp³-hybridized carbons (Fsp3) is 0.400. The predicted molar refractivity (Wildman–Crippen MR) is 80.0 cm³/mol. The van der Waals surface area contributed by atoms with E-state index < -0.39 is 0 Å². The Morgan fingerprint density at radius 1 is 1.30 bits per heavy atom. The van der Waals surface area contributed by atoms with Crippen molar-refractivity contribution in [1.82, 2.24) is 14.8 Å². The van der Waals surface area contributed by atoms with E-state index in [9.17, 15) is 4.79 Å². The van der Waals surface area contributed by atoms with E-state index in [1.54, 1.807) is 15.9 Å². The molecule has 4 nitrogen and oxygen atoms in total. The van der Waals surface area contributed by atoms with Gasteiger partial charge in [-0.15, -0.1) is 0 Å². The number of fused-ring (bicyclic) bond motifs is 2. The van der Waals surface area contributed by atoms with Gasteiger partial charge in [-0.05, 0) is 47.3 Å². The zero-order chi connectivity index (χ0) is 13.5. The largest absolute Gasteiger partial charge is 0.333 e. The van der Waals surface area contributed by atoms with Gasteiger partial charge in [0.05, 0.1) is 0 Å². The summed E-state index contributed by atoms with van der Waals surface area (Å²) in [6.07, 6.45) is 4.97. The third kappa shape index (κ3) is 2.07. The van der Waals surface area contributed by atoms with Gasteiger partial charge in [0.25, 0.3) is 0 Å². The van der Waals surface area contributed by atoms with Crippen LogP contribution in [0.2, 0.25) is 0 Å². The Kier molecular flexibility index (Phi) is 2.89. The van der Waals surface area contributed by atoms with Crippen molar-refractivity contribution in [3.63, 3.8) is 0 Å². The average Bonchev–Trinajstić information content (AvgIpc) is 3.21. The van der Waals surface area contributed by atoms with E-state index in [1.807, 2.05) is 18.5 Å². The molecule has 0 radical (unpaired) electrons. The molecule has 5 heteroatoms. The van der Waals surface area contributed by atoms with E-state index in [2.05, 4.69) is 27.0 Å². The molecular weight excluding hydrogens is 270 g/mol. The normalized spacial score (nSPS) is 27.9. The summed E-state index contributed by atoms with van der Waals surface area (Å²) in [6, 6.07) is 4.38. The number of thiophene rings is 1. The summed E-state index contributed by atoms with van der Waals surface area (Å²) in [7, 11) is 0. The van der Waals surface area contributed by atoms with Crippen LogP contribution in [0.25, 0.3) is 11.1 Å². The highest BCUT2D eigenvalue weighted by molar-refractivity contribution is 7.08. The summed E-state index contributed by atoms with van der Waals surface area (Å²) >= 11 is 1.67. The predicted octanol–water partition coefficient (Wildman–Crippen LogP) is 2.48. The van der Waals surface area contributed by atoms with Crippen LogP contribution < -0.4 is 5.32 Å². The molecule has 1 N–H and O–H groups in total. The van der Waals surface area contributed by atoms with Gasteiger partial charge in [-0.25, -0.2) is 4.79 Å². The minimum absolute atomic E-state index is 0.00905. The molecule has 2 aromatic rings. The van der Waals surface area contributed by atoms with Crippen molar-refractivity contribution < 1.29 is 4.79 Å². The Bertz CT molecular complexity index is 619. The third-order valence-electron chi connectivity index (χ3n) is 4.42. The van der Waals surface area contributed by atoms with Crippen molar-refractivity contribution in [1.29, 1.82) is 0 Å². The highest BCUT2D eigenvalue weighted by Gasteiger charge is 2.38. The first kappa shape index (κ1) is 12.2. The number of nitrogens with one attached hydrogen (secondary N) is 1. The van der Waals surface area contributed by atoms with Crippen molar-refractivity contribution in [3.8, 4) is 11.1 Å². The van der Waals surface area contributed by atoms with Crippen LogP contribution in [0, 0.1) is 5.92 Å². The maximum Gasteiger partial charge on any atom is 0.325 e. The molecule has 0 aromatic carbocycles. The number of piperidine rings is 1. The van der Waals surface area contributed by atoms with E-state index in [4.69, 9.17) is 0 Å². The lowest BCUT2D eigenvalue weighted by Gasteiger charge is -2.23. The monoisotopic (exact) mass is 287 g/mol. The Balaban J connectivity index is 1.46. The fourth-order valence-electron chi connectivity index (χ4n) is 3.30. The van der Waals surface area contributed by atoms with Crippen LogP contribution in [0.1, 0.15) is 6.42 Å². The van der Waals surface area contributed by atoms with E-state index in [-0.39, 0.29) is 6.03 Å². The summed E-state index contributed by atoms with van der Waals surface area (Å²) in [5.74, 6) is 0.644. The van der Waals surface area contributed by atoms with Crippen molar-refractivity contribution in [2.24, 2.45) is 5.92 Å². The second-order valence-corrected chi connectivity index (χ2v) is 6.46. The smallest absolute Gasteiger partial charge is 0.325 e. The maximum atomic E-state index is 12.3. The first-order valence-corrected chi connectivity index (χ1v) is 7.98. The Labute approximate surface area is 122 Å². The average molecular weight is 287 g/mol. The molecule has 20 heavy (non-hydrogen) atoms. The van der Waals surface area contributed by atoms with Crippen LogP contribution in [0.5, 0.6) is 0 Å². The standard InChI is InChI=1S/C15H17N3OS/c19-15(16-14-9-17-4-1-12(14)7-17)18-5-2-11(8-18)13-3-6-20-10-13/h2-3,5-6,8,10,12,14H,1,4,7,9H2,(H,16,19)/t12-,14?/m0/s1. The first-order chi connectivity index (χ1) is 9.79. The van der Waals surface area contributed by atoms with E-state index in [0.29, 0.717) is 12.0 Å². The van der Waals surface area contributed by atoms with Crippen LogP contribution in [-0.2, 0) is 0 Å². The summed E-state index contributed by atoms with van der Waals surface area (Å²) in [5.41, 5.74) is 2.27. The molecule has 0 saturated carbocycles. The van der Waals surface area contributed by atoms with Gasteiger partial charge in [-0.2, -0.15) is 11.3 Å². The number of carbonyl (C=O) groups is 1. The van der Waals surface area contributed by atoms with Crippen LogP contribution in [0.3, 0.4) is 0 Å². The first-order valence-electron chi connectivity index (χ1n) is 7.03. The SMILES string of the molecule is O=C(NC1CN2CC[C@H]1C2)n1ccc(-c2ccsc2)c1. The number of carbonyl (C=O) groups excluding carboxylic acids is 1. The lowest BCUT2D eigenvalue weighted by molar-refractivity contribution is 0.231. The van der Waals surface area contributed by atoms with Gasteiger partial charge in [0.15, 0.2) is 0 Å². The molecule has 2 aliphatic rings. The summed E-state index contributed by atoms with van der Waals surface area (Å²) in [4.78, 5) is 14.7. The zero-order valence-electron chi connectivity index (χ0n) is 11.2. The van der Waals surface area contributed by atoms with Gasteiger partial charge >= 0.3 is 6.03 Å². The molecule has 3 atom stereocenters. The quantitative estimate of drug-likeness (QED) is 0.921. The van der Waals surface area contributed by atoms with Crippen molar-refractivity contribution in [2.75, 3.05) is 19.6 Å². The molecule has 0 aliphatic carbocycles. The van der Waals surface area contributed by atoms with Crippen molar-refractivity contribution in [2.45, 2.75) is 12.5 Å². The second kappa shape index (κ2) is 4.75. The van der Waals surface area contributed by atoms with E-state index in [0.717, 1.165) is 18.7 Å². The Morgan fingerprint density at radius 3 is 2.95 bits per heavy atom. The maximum absolute atomic E-state index is 12.3. The van der Waals surface area contributed by atoms with Gasteiger partial charge in [0.1, 0.15) is 0 Å². The Hall–Kier alpha value is -1.59. The van der Waals surface area contributed by atoms with Gasteiger partial charge < -0.3 is 10.2 Å². The molecule has 2 saturated heterocycles. The number of nitrogens with zero attached hydrogens (tertiary/aromatic N) is 2. The minimum atomic E-state index is -0.00905. The van der Waals surface area contributed by atoms with Gasteiger partial charge in [-0.1, -0.05) is 0 Å². The van der Waals surface area contributed by atoms with Crippen LogP contribution in [-0.4, -0.2) is 41.2 Å². The molecule has 2 bridgehead atoms. The van der Waals surface area contributed by atoms with Crippen molar-refractivity contribution >= 4 is 17.4 Å². The number of aromatic nitrogens is 1. The minimum Gasteiger partial charge on any atom is -0.333 e. The molecule has 4 heterocycles. The Morgan fingerprint density at radius 2 is 2.25 bits per heavy atom. The molecule has 4 rings (SSSR count). The van der Waals surface area contributed by atoms with Crippen LogP contribution in [0.15, 0.2) is 35.3 Å². The topological polar surface area (TPSA) is 37.3 Å². The molecule has 1 amide bonds. The van der Waals surface area contributed by atoms with Crippen LogP contribution >= 0.6 is 11.3 Å². The van der Waals surface area contributed by atoms with E-state index >= 15 is 0 Å². The fourth-order valence-corrected chi connectivity index (χ4v) is 3.97. The third-order valence-corrected chi connectivity index (χ3v) is 5.11. The molecular formula is C15H17N3OS. The summed E-state index contributed by atoms with van der Waals surface area (Å²) in [5, 5.41) is 7.32. The summed E-state index contributed by atoms with van der Waals surface area (Å²) in [6.45, 7) is 3.36. The van der Waals surface area contributed by atoms with Crippen molar-refractivity contribution in [3.05, 3.63) is 35.3 Å². The van der Waals surface area contributed by atoms with Gasteiger partial charge in [0.2, 0.25) is 0 Å². The molecule has 2 unspecified atom stereocenters. The molecule has 104 valence electrons. The second-order valence-electron chi connectivity index (χ2n) is 5.68. The zero-order valence-corrected chi connectivity index (χ0v) is 12.0. The van der Waals surface area contributed by atoms with Gasteiger partial charge in [0, 0.05) is 37.1 Å². The summed E-state index contributed by atoms with van der Waals surface area (Å²) < 4.78 is 1.66. The number of rotatable bonds is 2. The number of amides is 1. The van der Waals surface area contributed by atoms with E-state index in [1.165, 1.54) is 18.5 Å². The highest BCUT2D eigenvalue weighted by atomic mass is 32.1. The highest BCUT2D eigenvalue weighted by Crippen LogP contribution is 2.28. The number of hydrogen-bond donors (Lipinski definition) is 1. The molecule has 2 aromatic heterocycles. The van der Waals surface area contributed by atoms with Gasteiger partial charge in [-0.3, -0.25) is 4.57 Å². The number of hydrogen-bond acceptors (Lipinski definition) is 3. The lowest BCUT2D eigenvalue weighted by Crippen LogP contribution is -2.44. The molecule has 0 spiro atoms. The molecule has 2 fully saturated rings. The molecule has 2 aliphatic heterocycles.